The molecule has 0 bridgehead atoms. The van der Waals surface area contributed by atoms with E-state index in [1.807, 2.05) is 13.0 Å². The summed E-state index contributed by atoms with van der Waals surface area (Å²) in [5, 5.41) is 0.709. The summed E-state index contributed by atoms with van der Waals surface area (Å²) in [6.07, 6.45) is 1.29. The number of carbonyl (C=O) groups excluding carboxylic acids is 2. The van der Waals surface area contributed by atoms with Crippen LogP contribution in [0.5, 0.6) is 0 Å². The molecule has 2 heterocycles. The van der Waals surface area contributed by atoms with Crippen molar-refractivity contribution in [3.63, 3.8) is 0 Å². The first-order chi connectivity index (χ1) is 9.60. The number of ether oxygens (including phenoxy) is 1. The molecule has 1 saturated heterocycles. The highest BCUT2D eigenvalue weighted by atomic mass is 32.1. The molecule has 5 nitrogen and oxygen atoms in total. The summed E-state index contributed by atoms with van der Waals surface area (Å²) in [4.78, 5) is 26.9. The van der Waals surface area contributed by atoms with E-state index in [4.69, 9.17) is 10.5 Å². The number of nitrogens with zero attached hydrogens (tertiary/aromatic N) is 1. The molecule has 6 heteroatoms. The summed E-state index contributed by atoms with van der Waals surface area (Å²) in [5.41, 5.74) is 6.15. The molecule has 1 aliphatic heterocycles. The van der Waals surface area contributed by atoms with E-state index in [0.717, 1.165) is 11.3 Å². The predicted molar refractivity (Wildman–Crippen MR) is 79.2 cm³/mol. The molecule has 2 rings (SSSR count). The van der Waals surface area contributed by atoms with Gasteiger partial charge in [0.2, 0.25) is 5.91 Å². The van der Waals surface area contributed by atoms with E-state index in [9.17, 15) is 9.59 Å². The van der Waals surface area contributed by atoms with Gasteiger partial charge in [0.1, 0.15) is 5.00 Å². The molecular formula is C14H20N2O3S. The smallest absolute Gasteiger partial charge is 0.341 e. The third kappa shape index (κ3) is 2.86. The van der Waals surface area contributed by atoms with Crippen LogP contribution in [0.2, 0.25) is 0 Å². The molecule has 2 N–H and O–H groups in total. The molecule has 1 aromatic rings. The molecule has 20 heavy (non-hydrogen) atoms. The van der Waals surface area contributed by atoms with E-state index >= 15 is 0 Å². The number of hydrogen-bond donors (Lipinski definition) is 1. The Morgan fingerprint density at radius 3 is 2.85 bits per heavy atom. The molecular weight excluding hydrogens is 276 g/mol. The van der Waals surface area contributed by atoms with Gasteiger partial charge >= 0.3 is 5.97 Å². The minimum atomic E-state index is -0.359. The monoisotopic (exact) mass is 296 g/mol. The zero-order valence-electron chi connectivity index (χ0n) is 11.8. The van der Waals surface area contributed by atoms with Crippen LogP contribution in [0.3, 0.4) is 0 Å². The van der Waals surface area contributed by atoms with Gasteiger partial charge in [-0.1, -0.05) is 6.92 Å². The second-order valence-corrected chi connectivity index (χ2v) is 5.93. The Morgan fingerprint density at radius 1 is 1.55 bits per heavy atom. The first kappa shape index (κ1) is 15.0. The first-order valence-corrected chi connectivity index (χ1v) is 7.72. The van der Waals surface area contributed by atoms with Gasteiger partial charge in [-0.3, -0.25) is 4.79 Å². The summed E-state index contributed by atoms with van der Waals surface area (Å²) >= 11 is 1.49. The third-order valence-corrected chi connectivity index (χ3v) is 4.69. The Balaban J connectivity index is 2.32. The lowest BCUT2D eigenvalue weighted by Crippen LogP contribution is -2.26. The van der Waals surface area contributed by atoms with Gasteiger partial charge in [-0.15, -0.1) is 11.3 Å². The molecule has 1 fully saturated rings. The van der Waals surface area contributed by atoms with Gasteiger partial charge in [-0.25, -0.2) is 4.79 Å². The highest BCUT2D eigenvalue weighted by Gasteiger charge is 2.33. The fraction of sp³-hybridized carbons (Fsp3) is 0.571. The van der Waals surface area contributed by atoms with Crippen LogP contribution in [0.4, 0.5) is 5.00 Å². The fourth-order valence-corrected chi connectivity index (χ4v) is 3.41. The van der Waals surface area contributed by atoms with E-state index in [1.165, 1.54) is 11.3 Å². The van der Waals surface area contributed by atoms with Crippen LogP contribution in [-0.4, -0.2) is 31.6 Å². The Kier molecular flexibility index (Phi) is 4.77. The Labute approximate surface area is 122 Å². The zero-order chi connectivity index (χ0) is 14.7. The summed E-state index contributed by atoms with van der Waals surface area (Å²) in [7, 11) is 0. The molecule has 1 atom stereocenters. The minimum Gasteiger partial charge on any atom is -0.462 e. The second kappa shape index (κ2) is 6.37. The quantitative estimate of drug-likeness (QED) is 0.841. The average molecular weight is 296 g/mol. The Morgan fingerprint density at radius 2 is 2.30 bits per heavy atom. The van der Waals surface area contributed by atoms with Gasteiger partial charge in [0, 0.05) is 17.8 Å². The van der Waals surface area contributed by atoms with Crippen LogP contribution in [-0.2, 0) is 16.0 Å². The van der Waals surface area contributed by atoms with Crippen molar-refractivity contribution in [2.45, 2.75) is 26.7 Å². The van der Waals surface area contributed by atoms with Crippen molar-refractivity contribution >= 4 is 28.2 Å². The summed E-state index contributed by atoms with van der Waals surface area (Å²) in [5.74, 6) is -0.150. The van der Waals surface area contributed by atoms with E-state index in [-0.39, 0.29) is 17.8 Å². The van der Waals surface area contributed by atoms with Gasteiger partial charge < -0.3 is 15.4 Å². The summed E-state index contributed by atoms with van der Waals surface area (Å²) in [6, 6.07) is 1.83. The molecule has 0 radical (unpaired) electrons. The van der Waals surface area contributed by atoms with Crippen LogP contribution in [0.25, 0.3) is 0 Å². The lowest BCUT2D eigenvalue weighted by molar-refractivity contribution is -0.117. The fourth-order valence-electron chi connectivity index (χ4n) is 2.30. The van der Waals surface area contributed by atoms with E-state index in [2.05, 4.69) is 0 Å². The molecule has 0 spiro atoms. The van der Waals surface area contributed by atoms with E-state index in [0.29, 0.717) is 36.7 Å². The Bertz CT molecular complexity index is 513. The lowest BCUT2D eigenvalue weighted by atomic mass is 10.1. The number of esters is 1. The predicted octanol–water partition coefficient (Wildman–Crippen LogP) is 1.80. The number of amides is 1. The first-order valence-electron chi connectivity index (χ1n) is 6.90. The van der Waals surface area contributed by atoms with Gasteiger partial charge in [0.25, 0.3) is 0 Å². The topological polar surface area (TPSA) is 72.6 Å². The van der Waals surface area contributed by atoms with Crippen molar-refractivity contribution in [3.8, 4) is 0 Å². The highest BCUT2D eigenvalue weighted by Crippen LogP contribution is 2.36. The molecule has 1 aromatic heterocycles. The number of thiophene rings is 1. The van der Waals surface area contributed by atoms with Gasteiger partial charge in [0.15, 0.2) is 0 Å². The van der Waals surface area contributed by atoms with Crippen molar-refractivity contribution in [1.29, 1.82) is 0 Å². The largest absolute Gasteiger partial charge is 0.462 e. The zero-order valence-corrected chi connectivity index (χ0v) is 12.7. The van der Waals surface area contributed by atoms with Crippen LogP contribution < -0.4 is 10.6 Å². The molecule has 0 saturated carbocycles. The van der Waals surface area contributed by atoms with Crippen molar-refractivity contribution < 1.29 is 14.3 Å². The Hall–Kier alpha value is -1.40. The van der Waals surface area contributed by atoms with Crippen molar-refractivity contribution in [2.24, 2.45) is 11.7 Å². The molecule has 0 aromatic carbocycles. The van der Waals surface area contributed by atoms with Crippen LogP contribution in [0.15, 0.2) is 6.07 Å². The molecule has 1 aliphatic rings. The molecule has 0 aliphatic carbocycles. The van der Waals surface area contributed by atoms with Crippen molar-refractivity contribution in [1.82, 2.24) is 0 Å². The highest BCUT2D eigenvalue weighted by molar-refractivity contribution is 7.16. The lowest BCUT2D eigenvalue weighted by Gasteiger charge is -2.16. The number of hydrogen-bond acceptors (Lipinski definition) is 5. The van der Waals surface area contributed by atoms with Crippen LogP contribution >= 0.6 is 11.3 Å². The maximum absolute atomic E-state index is 12.1. The van der Waals surface area contributed by atoms with Gasteiger partial charge in [-0.05, 0) is 31.9 Å². The van der Waals surface area contributed by atoms with Crippen LogP contribution in [0.1, 0.15) is 35.5 Å². The number of nitrogens with two attached hydrogens (primary N) is 1. The van der Waals surface area contributed by atoms with Crippen molar-refractivity contribution in [3.05, 3.63) is 16.5 Å². The maximum Gasteiger partial charge on any atom is 0.341 e. The number of carbonyl (C=O) groups is 2. The normalized spacial score (nSPS) is 18.6. The second-order valence-electron chi connectivity index (χ2n) is 4.82. The summed E-state index contributed by atoms with van der Waals surface area (Å²) < 4.78 is 5.08. The maximum atomic E-state index is 12.1. The third-order valence-electron chi connectivity index (χ3n) is 3.39. The molecule has 1 unspecified atom stereocenters. The number of anilines is 1. The number of aryl methyl sites for hydroxylation is 1. The van der Waals surface area contributed by atoms with Crippen molar-refractivity contribution in [2.75, 3.05) is 24.6 Å². The van der Waals surface area contributed by atoms with Gasteiger partial charge in [0.05, 0.1) is 12.2 Å². The van der Waals surface area contributed by atoms with Crippen LogP contribution in [0, 0.1) is 5.92 Å². The molecule has 110 valence electrons. The number of rotatable bonds is 5. The summed E-state index contributed by atoms with van der Waals surface area (Å²) in [6.45, 7) is 5.21. The standard InChI is InChI=1S/C14H20N2O3S/c1-3-10-6-11(14(18)19-4-2)13(20-10)16-8-9(7-15)5-12(16)17/h6,9H,3-5,7-8,15H2,1-2H3. The van der Waals surface area contributed by atoms with E-state index < -0.39 is 0 Å². The minimum absolute atomic E-state index is 0.0375. The van der Waals surface area contributed by atoms with E-state index in [1.54, 1.807) is 11.8 Å². The van der Waals surface area contributed by atoms with Gasteiger partial charge in [-0.2, -0.15) is 0 Å². The average Bonchev–Trinajstić information content (AvgIpc) is 3.01. The SMILES string of the molecule is CCOC(=O)c1cc(CC)sc1N1CC(CN)CC1=O. The molecule has 1 amide bonds.